The number of unbranched alkanes of at least 4 members (excludes halogenated alkanes) is 4. The Kier molecular flexibility index (Phi) is 10.5. The molecule has 0 spiro atoms. The van der Waals surface area contributed by atoms with Crippen molar-refractivity contribution >= 4 is 0 Å². The van der Waals surface area contributed by atoms with Gasteiger partial charge in [-0.3, -0.25) is 0 Å². The summed E-state index contributed by atoms with van der Waals surface area (Å²) in [5, 5.41) is 0. The molecule has 0 fully saturated rings. The number of rotatable bonds is 14. The summed E-state index contributed by atoms with van der Waals surface area (Å²) in [6, 6.07) is 64.0. The molecule has 4 heteroatoms. The van der Waals surface area contributed by atoms with Gasteiger partial charge in [-0.05, 0) is 12.8 Å². The second-order valence-electron chi connectivity index (χ2n) is 13.5. The zero-order valence-corrected chi connectivity index (χ0v) is 30.1. The van der Waals surface area contributed by atoms with Gasteiger partial charge in [0.05, 0.1) is 22.8 Å². The van der Waals surface area contributed by atoms with Crippen molar-refractivity contribution in [3.63, 3.8) is 0 Å². The zero-order chi connectivity index (χ0) is 35.7. The van der Waals surface area contributed by atoms with Crippen LogP contribution in [0.25, 0.3) is 67.8 Å². The van der Waals surface area contributed by atoms with Crippen molar-refractivity contribution in [3.8, 4) is 67.8 Å². The van der Waals surface area contributed by atoms with Crippen LogP contribution in [0.15, 0.2) is 182 Å². The Morgan fingerprint density at radius 2 is 0.547 bits per heavy atom. The fourth-order valence-electron chi connectivity index (χ4n) is 7.40. The van der Waals surface area contributed by atoms with Crippen LogP contribution in [0.4, 0.5) is 0 Å². The number of imidazole rings is 2. The SMILES string of the molecule is c1ccc(-c2nc(-c3ccccc3)n(CCCCCCCn3c(-c4ccccc4)nc(-c4ccccc4)c3-c3ccccc3)c2-c2ccccc2)cc1. The van der Waals surface area contributed by atoms with E-state index in [0.29, 0.717) is 0 Å². The van der Waals surface area contributed by atoms with Crippen LogP contribution in [0.2, 0.25) is 0 Å². The highest BCUT2D eigenvalue weighted by Crippen LogP contribution is 2.38. The van der Waals surface area contributed by atoms with Gasteiger partial charge in [-0.2, -0.15) is 0 Å². The van der Waals surface area contributed by atoms with E-state index in [1.165, 1.54) is 28.9 Å². The summed E-state index contributed by atoms with van der Waals surface area (Å²) in [6.07, 6.45) is 5.63. The number of hydrogen-bond acceptors (Lipinski definition) is 2. The predicted molar refractivity (Wildman–Crippen MR) is 220 cm³/mol. The molecule has 0 saturated heterocycles. The maximum absolute atomic E-state index is 5.33. The molecule has 0 aliphatic rings. The van der Waals surface area contributed by atoms with Crippen molar-refractivity contribution in [2.45, 2.75) is 45.2 Å². The van der Waals surface area contributed by atoms with Crippen LogP contribution >= 0.6 is 0 Å². The molecule has 2 heterocycles. The molecule has 0 unspecified atom stereocenters. The summed E-state index contributed by atoms with van der Waals surface area (Å²) in [6.45, 7) is 1.82. The lowest BCUT2D eigenvalue weighted by Crippen LogP contribution is -2.04. The molecule has 0 aliphatic carbocycles. The number of nitrogens with zero attached hydrogens (tertiary/aromatic N) is 4. The molecule has 0 saturated carbocycles. The van der Waals surface area contributed by atoms with Gasteiger partial charge in [0.1, 0.15) is 11.6 Å². The minimum atomic E-state index is 0.909. The van der Waals surface area contributed by atoms with E-state index in [1.807, 2.05) is 0 Å². The molecule has 8 rings (SSSR count). The zero-order valence-electron chi connectivity index (χ0n) is 30.1. The summed E-state index contributed by atoms with van der Waals surface area (Å²) in [5.74, 6) is 2.05. The summed E-state index contributed by atoms with van der Waals surface area (Å²) in [7, 11) is 0. The molecular weight excluding hydrogens is 645 g/mol. The molecule has 4 nitrogen and oxygen atoms in total. The molecular formula is C49H44N4. The molecule has 53 heavy (non-hydrogen) atoms. The Hall–Kier alpha value is -6.26. The first kappa shape index (κ1) is 33.9. The van der Waals surface area contributed by atoms with E-state index < -0.39 is 0 Å². The molecule has 0 amide bonds. The van der Waals surface area contributed by atoms with E-state index in [0.717, 1.165) is 84.1 Å². The monoisotopic (exact) mass is 688 g/mol. The fourth-order valence-corrected chi connectivity index (χ4v) is 7.40. The minimum Gasteiger partial charge on any atom is -0.323 e. The van der Waals surface area contributed by atoms with Gasteiger partial charge in [-0.15, -0.1) is 0 Å². The Bertz CT molecular complexity index is 2160. The third-order valence-corrected chi connectivity index (χ3v) is 9.95. The van der Waals surface area contributed by atoms with Gasteiger partial charge in [0.15, 0.2) is 0 Å². The van der Waals surface area contributed by atoms with E-state index in [9.17, 15) is 0 Å². The summed E-state index contributed by atoms with van der Waals surface area (Å²) < 4.78 is 4.92. The molecule has 260 valence electrons. The maximum Gasteiger partial charge on any atom is 0.141 e. The highest BCUT2D eigenvalue weighted by molar-refractivity contribution is 5.83. The second-order valence-corrected chi connectivity index (χ2v) is 13.5. The van der Waals surface area contributed by atoms with E-state index in [2.05, 4.69) is 191 Å². The molecule has 0 radical (unpaired) electrons. The van der Waals surface area contributed by atoms with Gasteiger partial charge in [0.2, 0.25) is 0 Å². The first-order valence-electron chi connectivity index (χ1n) is 18.9. The van der Waals surface area contributed by atoms with Gasteiger partial charge in [-0.1, -0.05) is 201 Å². The van der Waals surface area contributed by atoms with Gasteiger partial charge < -0.3 is 9.13 Å². The van der Waals surface area contributed by atoms with E-state index in [-0.39, 0.29) is 0 Å². The van der Waals surface area contributed by atoms with Gasteiger partial charge in [0, 0.05) is 46.5 Å². The maximum atomic E-state index is 5.33. The van der Waals surface area contributed by atoms with Crippen LogP contribution < -0.4 is 0 Å². The molecule has 8 aromatic rings. The Morgan fingerprint density at radius 3 is 0.868 bits per heavy atom. The van der Waals surface area contributed by atoms with Gasteiger partial charge in [-0.25, -0.2) is 9.97 Å². The van der Waals surface area contributed by atoms with Gasteiger partial charge in [0.25, 0.3) is 0 Å². The van der Waals surface area contributed by atoms with Crippen molar-refractivity contribution < 1.29 is 0 Å². The average molecular weight is 689 g/mol. The first-order chi connectivity index (χ1) is 26.3. The molecule has 6 aromatic carbocycles. The van der Waals surface area contributed by atoms with E-state index in [4.69, 9.17) is 9.97 Å². The largest absolute Gasteiger partial charge is 0.323 e. The van der Waals surface area contributed by atoms with Crippen molar-refractivity contribution in [1.29, 1.82) is 0 Å². The topological polar surface area (TPSA) is 35.6 Å². The number of aromatic nitrogens is 4. The number of hydrogen-bond donors (Lipinski definition) is 0. The standard InChI is InChI=1S/C49H44N4/c1(2-22-36-52-46(40-28-14-6-15-29-40)44(38-24-10-4-11-25-38)50-48(52)42-32-18-8-19-33-42)3-23-37-53-47(41-30-16-7-17-31-41)45(39-26-12-5-13-27-39)51-49(53)43-34-20-9-21-35-43/h4-21,24-35H,1-3,22-23,36-37H2. The molecule has 0 bridgehead atoms. The predicted octanol–water partition coefficient (Wildman–Crippen LogP) is 12.7. The smallest absolute Gasteiger partial charge is 0.141 e. The minimum absolute atomic E-state index is 0.909. The normalized spacial score (nSPS) is 11.2. The lowest BCUT2D eigenvalue weighted by atomic mass is 10.0. The molecule has 0 atom stereocenters. The van der Waals surface area contributed by atoms with E-state index in [1.54, 1.807) is 0 Å². The lowest BCUT2D eigenvalue weighted by Gasteiger charge is -2.15. The highest BCUT2D eigenvalue weighted by atomic mass is 15.1. The van der Waals surface area contributed by atoms with Crippen LogP contribution in [-0.4, -0.2) is 19.1 Å². The summed E-state index contributed by atoms with van der Waals surface area (Å²) in [4.78, 5) is 10.7. The summed E-state index contributed by atoms with van der Waals surface area (Å²) in [5.41, 5.74) is 11.4. The van der Waals surface area contributed by atoms with Crippen LogP contribution in [0.5, 0.6) is 0 Å². The molecule has 0 N–H and O–H groups in total. The van der Waals surface area contributed by atoms with Gasteiger partial charge >= 0.3 is 0 Å². The Labute approximate surface area is 313 Å². The third-order valence-electron chi connectivity index (χ3n) is 9.95. The van der Waals surface area contributed by atoms with Crippen LogP contribution in [0.3, 0.4) is 0 Å². The van der Waals surface area contributed by atoms with Crippen LogP contribution in [-0.2, 0) is 13.1 Å². The number of benzene rings is 6. The highest BCUT2D eigenvalue weighted by Gasteiger charge is 2.22. The van der Waals surface area contributed by atoms with Crippen molar-refractivity contribution in [2.24, 2.45) is 0 Å². The second kappa shape index (κ2) is 16.4. The average Bonchev–Trinajstić information content (AvgIpc) is 3.82. The summed E-state index contributed by atoms with van der Waals surface area (Å²) >= 11 is 0. The Morgan fingerprint density at radius 1 is 0.283 bits per heavy atom. The third kappa shape index (κ3) is 7.54. The quantitative estimate of drug-likeness (QED) is 0.107. The molecule has 2 aromatic heterocycles. The van der Waals surface area contributed by atoms with Crippen LogP contribution in [0.1, 0.15) is 32.1 Å². The first-order valence-corrected chi connectivity index (χ1v) is 18.9. The van der Waals surface area contributed by atoms with Crippen molar-refractivity contribution in [1.82, 2.24) is 19.1 Å². The van der Waals surface area contributed by atoms with E-state index >= 15 is 0 Å². The molecule has 0 aliphatic heterocycles. The van der Waals surface area contributed by atoms with Crippen molar-refractivity contribution in [3.05, 3.63) is 182 Å². The van der Waals surface area contributed by atoms with Crippen LogP contribution in [0, 0.1) is 0 Å². The lowest BCUT2D eigenvalue weighted by molar-refractivity contribution is 0.540. The Balaban J connectivity index is 1.02. The fraction of sp³-hybridized carbons (Fsp3) is 0.143. The van der Waals surface area contributed by atoms with Crippen molar-refractivity contribution in [2.75, 3.05) is 0 Å².